The molecule has 0 amide bonds. The van der Waals surface area contributed by atoms with E-state index in [1.807, 2.05) is 13.1 Å². The number of hydroxylamine groups is 1. The first-order chi connectivity index (χ1) is 8.20. The number of nitriles is 1. The SMILES string of the molecule is C[N+]1=C(CC(=O)c2ccc(C#N)cc2)CCO1. The van der Waals surface area contributed by atoms with Crippen molar-refractivity contribution in [2.24, 2.45) is 0 Å². The lowest BCUT2D eigenvalue weighted by Gasteiger charge is -1.98. The Kier molecular flexibility index (Phi) is 3.20. The van der Waals surface area contributed by atoms with Crippen molar-refractivity contribution in [1.82, 2.24) is 0 Å². The van der Waals surface area contributed by atoms with Crippen molar-refractivity contribution in [2.75, 3.05) is 13.7 Å². The molecule has 0 saturated carbocycles. The van der Waals surface area contributed by atoms with Gasteiger partial charge in [0.1, 0.15) is 0 Å². The van der Waals surface area contributed by atoms with Crippen LogP contribution in [0.4, 0.5) is 0 Å². The second-order valence-electron chi connectivity index (χ2n) is 3.94. The Hall–Kier alpha value is -2.15. The molecule has 1 aromatic carbocycles. The van der Waals surface area contributed by atoms with Crippen molar-refractivity contribution >= 4 is 11.5 Å². The van der Waals surface area contributed by atoms with Gasteiger partial charge in [-0.2, -0.15) is 5.26 Å². The summed E-state index contributed by atoms with van der Waals surface area (Å²) in [6, 6.07) is 8.73. The highest BCUT2D eigenvalue weighted by molar-refractivity contribution is 6.08. The standard InChI is InChI=1S/C13H13N2O2/c1-15-12(6-7-17-15)8-13(16)11-4-2-10(9-14)3-5-11/h2-5H,6-8H2,1H3/q+1. The Labute approximate surface area is 99.7 Å². The van der Waals surface area contributed by atoms with E-state index in [1.165, 1.54) is 0 Å². The zero-order chi connectivity index (χ0) is 12.3. The summed E-state index contributed by atoms with van der Waals surface area (Å²) in [6.45, 7) is 0.645. The molecule has 0 fully saturated rings. The molecule has 17 heavy (non-hydrogen) atoms. The molecular formula is C13H13N2O2+. The summed E-state index contributed by atoms with van der Waals surface area (Å²) >= 11 is 0. The minimum atomic E-state index is 0.0573. The van der Waals surface area contributed by atoms with E-state index in [-0.39, 0.29) is 5.78 Å². The summed E-state index contributed by atoms with van der Waals surface area (Å²) in [5.41, 5.74) is 2.20. The van der Waals surface area contributed by atoms with E-state index in [1.54, 1.807) is 29.0 Å². The monoisotopic (exact) mass is 229 g/mol. The topological polar surface area (TPSA) is 53.1 Å². The van der Waals surface area contributed by atoms with Gasteiger partial charge < -0.3 is 0 Å². The molecule has 0 spiro atoms. The second-order valence-corrected chi connectivity index (χ2v) is 3.94. The van der Waals surface area contributed by atoms with Crippen LogP contribution in [0, 0.1) is 11.3 Å². The average molecular weight is 229 g/mol. The van der Waals surface area contributed by atoms with Crippen LogP contribution in [0.15, 0.2) is 24.3 Å². The molecule has 4 heteroatoms. The highest BCUT2D eigenvalue weighted by Crippen LogP contribution is 2.10. The van der Waals surface area contributed by atoms with Gasteiger partial charge >= 0.3 is 0 Å². The van der Waals surface area contributed by atoms with Crippen LogP contribution in [0.3, 0.4) is 0 Å². The third kappa shape index (κ3) is 2.51. The highest BCUT2D eigenvalue weighted by Gasteiger charge is 2.24. The molecule has 0 radical (unpaired) electrons. The van der Waals surface area contributed by atoms with Gasteiger partial charge in [-0.05, 0) is 16.9 Å². The van der Waals surface area contributed by atoms with Gasteiger partial charge in [0.2, 0.25) is 5.71 Å². The van der Waals surface area contributed by atoms with Crippen LogP contribution < -0.4 is 0 Å². The first kappa shape index (κ1) is 11.3. The van der Waals surface area contributed by atoms with E-state index in [2.05, 4.69) is 0 Å². The van der Waals surface area contributed by atoms with Crippen LogP contribution in [0.25, 0.3) is 0 Å². The van der Waals surface area contributed by atoms with Crippen molar-refractivity contribution in [2.45, 2.75) is 12.8 Å². The van der Waals surface area contributed by atoms with E-state index < -0.39 is 0 Å². The smallest absolute Gasteiger partial charge is 0.215 e. The number of hydrogen-bond donors (Lipinski definition) is 0. The van der Waals surface area contributed by atoms with E-state index >= 15 is 0 Å². The van der Waals surface area contributed by atoms with E-state index in [0.717, 1.165) is 12.1 Å². The third-order valence-electron chi connectivity index (χ3n) is 2.82. The normalized spacial score (nSPS) is 14.4. The molecule has 0 N–H and O–H groups in total. The lowest BCUT2D eigenvalue weighted by molar-refractivity contribution is -0.758. The Morgan fingerprint density at radius 1 is 1.47 bits per heavy atom. The quantitative estimate of drug-likeness (QED) is 0.583. The zero-order valence-corrected chi connectivity index (χ0v) is 9.64. The van der Waals surface area contributed by atoms with Crippen LogP contribution in [-0.4, -0.2) is 29.9 Å². The molecule has 0 aliphatic carbocycles. The fraction of sp³-hybridized carbons (Fsp3) is 0.308. The number of hydrogen-bond acceptors (Lipinski definition) is 3. The maximum absolute atomic E-state index is 12.0. The Morgan fingerprint density at radius 2 is 2.18 bits per heavy atom. The fourth-order valence-electron chi connectivity index (χ4n) is 1.77. The van der Waals surface area contributed by atoms with E-state index in [0.29, 0.717) is 24.2 Å². The van der Waals surface area contributed by atoms with Gasteiger partial charge in [-0.15, -0.1) is 0 Å². The van der Waals surface area contributed by atoms with Crippen molar-refractivity contribution in [3.63, 3.8) is 0 Å². The molecule has 1 aliphatic rings. The average Bonchev–Trinajstić information content (AvgIpc) is 2.75. The van der Waals surface area contributed by atoms with Crippen LogP contribution in [0.2, 0.25) is 0 Å². The zero-order valence-electron chi connectivity index (χ0n) is 9.64. The van der Waals surface area contributed by atoms with E-state index in [9.17, 15) is 4.79 Å². The molecule has 0 aromatic heterocycles. The van der Waals surface area contributed by atoms with Gasteiger partial charge in [0.05, 0.1) is 24.5 Å². The molecule has 86 valence electrons. The van der Waals surface area contributed by atoms with Gasteiger partial charge in [-0.1, -0.05) is 12.1 Å². The summed E-state index contributed by atoms with van der Waals surface area (Å²) in [5, 5.41) is 8.67. The predicted molar refractivity (Wildman–Crippen MR) is 61.9 cm³/mol. The van der Waals surface area contributed by atoms with Crippen molar-refractivity contribution < 1.29 is 14.4 Å². The van der Waals surface area contributed by atoms with Crippen molar-refractivity contribution in [3.8, 4) is 6.07 Å². The molecule has 1 aromatic rings. The summed E-state index contributed by atoms with van der Waals surface area (Å²) in [6.07, 6.45) is 1.18. The summed E-state index contributed by atoms with van der Waals surface area (Å²) in [7, 11) is 1.81. The summed E-state index contributed by atoms with van der Waals surface area (Å²) in [5.74, 6) is 0.0573. The third-order valence-corrected chi connectivity index (χ3v) is 2.82. The van der Waals surface area contributed by atoms with Gasteiger partial charge in [0.15, 0.2) is 19.4 Å². The molecule has 0 saturated heterocycles. The largest absolute Gasteiger partial charge is 0.294 e. The van der Waals surface area contributed by atoms with E-state index in [4.69, 9.17) is 10.1 Å². The molecule has 0 unspecified atom stereocenters. The van der Waals surface area contributed by atoms with Gasteiger partial charge in [0, 0.05) is 5.56 Å². The number of benzene rings is 1. The van der Waals surface area contributed by atoms with Crippen LogP contribution in [0.1, 0.15) is 28.8 Å². The Bertz CT molecular complexity index is 509. The maximum atomic E-state index is 12.0. The van der Waals surface area contributed by atoms with Crippen LogP contribution in [0.5, 0.6) is 0 Å². The Balaban J connectivity index is 2.10. The van der Waals surface area contributed by atoms with Gasteiger partial charge in [-0.3, -0.25) is 9.63 Å². The first-order valence-electron chi connectivity index (χ1n) is 5.45. The lowest BCUT2D eigenvalue weighted by Crippen LogP contribution is -2.13. The minimum absolute atomic E-state index is 0.0573. The molecule has 2 rings (SSSR count). The maximum Gasteiger partial charge on any atom is 0.215 e. The number of rotatable bonds is 3. The summed E-state index contributed by atoms with van der Waals surface area (Å²) < 4.78 is 1.67. The summed E-state index contributed by atoms with van der Waals surface area (Å²) in [4.78, 5) is 17.2. The fourth-order valence-corrected chi connectivity index (χ4v) is 1.77. The van der Waals surface area contributed by atoms with Crippen LogP contribution in [-0.2, 0) is 4.84 Å². The number of nitrogens with zero attached hydrogens (tertiary/aromatic N) is 2. The molecule has 1 heterocycles. The number of carbonyl (C=O) groups is 1. The molecular weight excluding hydrogens is 216 g/mol. The molecule has 1 aliphatic heterocycles. The first-order valence-corrected chi connectivity index (χ1v) is 5.45. The molecule has 0 bridgehead atoms. The molecule has 4 nitrogen and oxygen atoms in total. The Morgan fingerprint density at radius 3 is 2.71 bits per heavy atom. The molecule has 0 atom stereocenters. The van der Waals surface area contributed by atoms with Gasteiger partial charge in [-0.25, -0.2) is 0 Å². The lowest BCUT2D eigenvalue weighted by atomic mass is 10.0. The highest BCUT2D eigenvalue weighted by atomic mass is 16.7. The van der Waals surface area contributed by atoms with Crippen molar-refractivity contribution in [3.05, 3.63) is 35.4 Å². The number of ketones is 1. The number of carbonyl (C=O) groups excluding carboxylic acids is 1. The van der Waals surface area contributed by atoms with Crippen LogP contribution >= 0.6 is 0 Å². The van der Waals surface area contributed by atoms with Gasteiger partial charge in [0.25, 0.3) is 0 Å². The van der Waals surface area contributed by atoms with Crippen molar-refractivity contribution in [1.29, 1.82) is 5.26 Å². The predicted octanol–water partition coefficient (Wildman–Crippen LogP) is 1.55. The minimum Gasteiger partial charge on any atom is -0.294 e. The number of Topliss-reactive ketones (excluding diaryl/α,β-unsaturated/α-hetero) is 1. The second kappa shape index (κ2) is 4.79.